The van der Waals surface area contributed by atoms with Crippen LogP contribution in [0.5, 0.6) is 0 Å². The first kappa shape index (κ1) is 16.4. The smallest absolute Gasteiger partial charge is 0.138 e. The molecule has 0 aromatic carbocycles. The Labute approximate surface area is 127 Å². The number of likely N-dealkylation sites (N-methyl/N-ethyl adjacent to an activating group) is 1. The van der Waals surface area contributed by atoms with Crippen LogP contribution in [0.3, 0.4) is 0 Å². The summed E-state index contributed by atoms with van der Waals surface area (Å²) in [5.41, 5.74) is 0. The second-order valence-corrected chi connectivity index (χ2v) is 6.15. The summed E-state index contributed by atoms with van der Waals surface area (Å²) in [5.74, 6) is 1.04. The van der Waals surface area contributed by atoms with Crippen molar-refractivity contribution < 1.29 is 4.74 Å². The highest BCUT2D eigenvalue weighted by molar-refractivity contribution is 4.95. The van der Waals surface area contributed by atoms with Gasteiger partial charge in [-0.3, -0.25) is 0 Å². The fraction of sp³-hybridized carbons (Fsp3) is 0.867. The van der Waals surface area contributed by atoms with Gasteiger partial charge in [-0.15, -0.1) is 0 Å². The average molecular weight is 295 g/mol. The van der Waals surface area contributed by atoms with E-state index in [0.29, 0.717) is 6.04 Å². The predicted octanol–water partition coefficient (Wildman–Crippen LogP) is 1.10. The van der Waals surface area contributed by atoms with Gasteiger partial charge in [-0.1, -0.05) is 6.92 Å². The van der Waals surface area contributed by atoms with Gasteiger partial charge in [0.1, 0.15) is 12.2 Å². The van der Waals surface area contributed by atoms with Gasteiger partial charge in [0.25, 0.3) is 0 Å². The molecule has 0 saturated carbocycles. The number of morpholine rings is 1. The summed E-state index contributed by atoms with van der Waals surface area (Å²) in [6, 6.07) is 0.624. The fourth-order valence-electron chi connectivity index (χ4n) is 2.77. The van der Waals surface area contributed by atoms with Crippen LogP contribution >= 0.6 is 0 Å². The molecule has 2 unspecified atom stereocenters. The largest absolute Gasteiger partial charge is 0.374 e. The van der Waals surface area contributed by atoms with Gasteiger partial charge in [0, 0.05) is 31.6 Å². The van der Waals surface area contributed by atoms with E-state index in [0.717, 1.165) is 44.9 Å². The minimum absolute atomic E-state index is 0.215. The molecule has 0 aliphatic carbocycles. The van der Waals surface area contributed by atoms with E-state index >= 15 is 0 Å². The third-order valence-corrected chi connectivity index (χ3v) is 3.94. The molecule has 1 saturated heterocycles. The number of aromatic nitrogens is 3. The van der Waals surface area contributed by atoms with E-state index in [4.69, 9.17) is 4.74 Å². The Morgan fingerprint density at radius 2 is 2.29 bits per heavy atom. The van der Waals surface area contributed by atoms with Crippen LogP contribution in [-0.2, 0) is 11.2 Å². The first-order valence-electron chi connectivity index (χ1n) is 8.03. The summed E-state index contributed by atoms with van der Waals surface area (Å²) in [6.45, 7) is 10.3. The number of hydrogen-bond acceptors (Lipinski definition) is 5. The maximum absolute atomic E-state index is 6.00. The molecular formula is C15H29N5O. The maximum Gasteiger partial charge on any atom is 0.138 e. The van der Waals surface area contributed by atoms with E-state index in [-0.39, 0.29) is 12.1 Å². The van der Waals surface area contributed by atoms with Crippen LogP contribution < -0.4 is 5.32 Å². The quantitative estimate of drug-likeness (QED) is 0.816. The summed E-state index contributed by atoms with van der Waals surface area (Å²) in [4.78, 5) is 6.78. The Morgan fingerprint density at radius 1 is 1.48 bits per heavy atom. The molecule has 0 bridgehead atoms. The van der Waals surface area contributed by atoms with Gasteiger partial charge in [0.15, 0.2) is 0 Å². The number of nitrogens with one attached hydrogen (secondary N) is 1. The second kappa shape index (κ2) is 7.87. The molecule has 2 rings (SSSR count). The highest BCUT2D eigenvalue weighted by atomic mass is 16.5. The Hall–Kier alpha value is -0.980. The topological polar surface area (TPSA) is 55.2 Å². The molecule has 1 aliphatic rings. The van der Waals surface area contributed by atoms with Gasteiger partial charge in [-0.25, -0.2) is 9.67 Å². The lowest BCUT2D eigenvalue weighted by molar-refractivity contribution is -0.0388. The summed E-state index contributed by atoms with van der Waals surface area (Å²) in [5, 5.41) is 7.97. The minimum Gasteiger partial charge on any atom is -0.374 e. The van der Waals surface area contributed by atoms with Crippen molar-refractivity contribution in [1.29, 1.82) is 0 Å². The van der Waals surface area contributed by atoms with Crippen LogP contribution in [0.2, 0.25) is 0 Å². The number of nitrogens with zero attached hydrogens (tertiary/aromatic N) is 4. The molecule has 1 aliphatic heterocycles. The molecule has 1 N–H and O–H groups in total. The zero-order valence-electron chi connectivity index (χ0n) is 13.7. The van der Waals surface area contributed by atoms with Gasteiger partial charge in [-0.05, 0) is 33.9 Å². The molecule has 0 amide bonds. The third kappa shape index (κ3) is 4.49. The number of ether oxygens (including phenoxy) is 1. The third-order valence-electron chi connectivity index (χ3n) is 3.94. The van der Waals surface area contributed by atoms with E-state index in [1.54, 1.807) is 6.33 Å². The molecule has 1 aromatic heterocycles. The fourth-order valence-corrected chi connectivity index (χ4v) is 2.77. The zero-order chi connectivity index (χ0) is 15.2. The van der Waals surface area contributed by atoms with Crippen LogP contribution in [0.4, 0.5) is 0 Å². The zero-order valence-corrected chi connectivity index (χ0v) is 13.7. The van der Waals surface area contributed by atoms with E-state index < -0.39 is 0 Å². The first-order chi connectivity index (χ1) is 10.1. The van der Waals surface area contributed by atoms with Gasteiger partial charge in [0.05, 0.1) is 12.7 Å². The maximum atomic E-state index is 6.00. The van der Waals surface area contributed by atoms with Crippen molar-refractivity contribution >= 4 is 0 Å². The molecule has 0 radical (unpaired) electrons. The second-order valence-electron chi connectivity index (χ2n) is 6.15. The van der Waals surface area contributed by atoms with Crippen molar-refractivity contribution in [3.8, 4) is 0 Å². The molecule has 1 fully saturated rings. The number of rotatable bonds is 7. The normalized spacial score (nSPS) is 21.9. The van der Waals surface area contributed by atoms with Crippen molar-refractivity contribution in [2.45, 2.75) is 51.8 Å². The number of hydrogen-bond donors (Lipinski definition) is 1. The van der Waals surface area contributed by atoms with Crippen LogP contribution in [0.25, 0.3) is 0 Å². The van der Waals surface area contributed by atoms with Gasteiger partial charge in [-0.2, -0.15) is 5.10 Å². The molecule has 2 heterocycles. The van der Waals surface area contributed by atoms with Crippen LogP contribution in [0.1, 0.15) is 39.1 Å². The van der Waals surface area contributed by atoms with Crippen molar-refractivity contribution in [3.05, 3.63) is 12.2 Å². The summed E-state index contributed by atoms with van der Waals surface area (Å²) < 4.78 is 8.00. The van der Waals surface area contributed by atoms with Crippen molar-refractivity contribution in [2.24, 2.45) is 0 Å². The summed E-state index contributed by atoms with van der Waals surface area (Å²) in [7, 11) is 2.16. The Morgan fingerprint density at radius 3 is 2.95 bits per heavy atom. The van der Waals surface area contributed by atoms with Crippen LogP contribution in [0.15, 0.2) is 6.33 Å². The Balaban J connectivity index is 2.06. The molecule has 0 spiro atoms. The van der Waals surface area contributed by atoms with E-state index in [1.807, 2.05) is 4.68 Å². The average Bonchev–Trinajstić information content (AvgIpc) is 2.91. The molecular weight excluding hydrogens is 266 g/mol. The molecule has 120 valence electrons. The van der Waals surface area contributed by atoms with E-state index in [2.05, 4.69) is 48.1 Å². The Kier molecular flexibility index (Phi) is 6.14. The molecule has 2 atom stereocenters. The molecule has 6 nitrogen and oxygen atoms in total. The van der Waals surface area contributed by atoms with Gasteiger partial charge < -0.3 is 15.0 Å². The van der Waals surface area contributed by atoms with Gasteiger partial charge >= 0.3 is 0 Å². The monoisotopic (exact) mass is 295 g/mol. The minimum atomic E-state index is 0.215. The molecule has 1 aromatic rings. The van der Waals surface area contributed by atoms with Crippen molar-refractivity contribution in [1.82, 2.24) is 25.0 Å². The first-order valence-corrected chi connectivity index (χ1v) is 8.03. The lowest BCUT2D eigenvalue weighted by Crippen LogP contribution is -2.52. The lowest BCUT2D eigenvalue weighted by atomic mass is 10.0. The highest BCUT2D eigenvalue weighted by Gasteiger charge is 2.28. The Bertz CT molecular complexity index is 420. The lowest BCUT2D eigenvalue weighted by Gasteiger charge is -2.35. The van der Waals surface area contributed by atoms with Crippen molar-refractivity contribution in [3.63, 3.8) is 0 Å². The van der Waals surface area contributed by atoms with Crippen molar-refractivity contribution in [2.75, 3.05) is 33.3 Å². The SMILES string of the molecule is CCCNC(Cc1ncnn1C(C)C)C1CN(C)CCO1. The van der Waals surface area contributed by atoms with E-state index in [1.165, 1.54) is 0 Å². The summed E-state index contributed by atoms with van der Waals surface area (Å²) in [6.07, 6.45) is 3.85. The van der Waals surface area contributed by atoms with Crippen LogP contribution in [-0.4, -0.2) is 65.1 Å². The highest BCUT2D eigenvalue weighted by Crippen LogP contribution is 2.14. The predicted molar refractivity (Wildman–Crippen MR) is 83.4 cm³/mol. The standard InChI is InChI=1S/C15H29N5O/c1-5-6-16-13(14-10-19(4)7-8-21-14)9-15-17-11-18-20(15)12(2)3/h11-14,16H,5-10H2,1-4H3. The van der Waals surface area contributed by atoms with E-state index in [9.17, 15) is 0 Å². The molecule has 6 heteroatoms. The summed E-state index contributed by atoms with van der Waals surface area (Å²) >= 11 is 0. The van der Waals surface area contributed by atoms with Crippen LogP contribution in [0, 0.1) is 0 Å². The van der Waals surface area contributed by atoms with Gasteiger partial charge in [0.2, 0.25) is 0 Å². The molecule has 21 heavy (non-hydrogen) atoms.